The lowest BCUT2D eigenvalue weighted by Crippen LogP contribution is -2.45. The van der Waals surface area contributed by atoms with Crippen LogP contribution in [0.1, 0.15) is 71.1 Å². The molecule has 2 fully saturated rings. The van der Waals surface area contributed by atoms with E-state index in [9.17, 15) is 4.79 Å². The van der Waals surface area contributed by atoms with Crippen molar-refractivity contribution in [1.82, 2.24) is 10.6 Å². The maximum atomic E-state index is 12.0. The predicted octanol–water partition coefficient (Wildman–Crippen LogP) is 2.99. The van der Waals surface area contributed by atoms with Crippen molar-refractivity contribution in [1.29, 1.82) is 0 Å². The zero-order valence-corrected chi connectivity index (χ0v) is 12.4. The fraction of sp³-hybridized carbons (Fsp3) is 0.938. The van der Waals surface area contributed by atoms with Gasteiger partial charge in [0.15, 0.2) is 0 Å². The summed E-state index contributed by atoms with van der Waals surface area (Å²) in [5.41, 5.74) is 0. The fourth-order valence-corrected chi connectivity index (χ4v) is 3.60. The Morgan fingerprint density at radius 3 is 2.21 bits per heavy atom. The Morgan fingerprint density at radius 2 is 1.58 bits per heavy atom. The Hall–Kier alpha value is -0.570. The van der Waals surface area contributed by atoms with Gasteiger partial charge in [-0.1, -0.05) is 38.5 Å². The summed E-state index contributed by atoms with van der Waals surface area (Å²) in [7, 11) is 0. The third kappa shape index (κ3) is 5.13. The standard InChI is InChI=1S/C16H30N2O/c1-13(14-8-4-2-5-9-14)18-16(19)12-17-15-10-6-3-7-11-15/h13-15,17H,2-12H2,1H3,(H,18,19). The van der Waals surface area contributed by atoms with Crippen LogP contribution < -0.4 is 10.6 Å². The predicted molar refractivity (Wildman–Crippen MR) is 79.1 cm³/mol. The molecule has 2 aliphatic carbocycles. The highest BCUT2D eigenvalue weighted by atomic mass is 16.1. The fourth-order valence-electron chi connectivity index (χ4n) is 3.60. The lowest BCUT2D eigenvalue weighted by atomic mass is 9.84. The minimum absolute atomic E-state index is 0.184. The van der Waals surface area contributed by atoms with Gasteiger partial charge < -0.3 is 10.6 Å². The second kappa shape index (κ2) is 7.88. The van der Waals surface area contributed by atoms with Gasteiger partial charge in [0, 0.05) is 12.1 Å². The molecule has 1 amide bonds. The Labute approximate surface area is 117 Å². The van der Waals surface area contributed by atoms with Crippen LogP contribution in [0.5, 0.6) is 0 Å². The Balaban J connectivity index is 1.62. The summed E-state index contributed by atoms with van der Waals surface area (Å²) in [5.74, 6) is 0.885. The zero-order chi connectivity index (χ0) is 13.5. The highest BCUT2D eigenvalue weighted by Crippen LogP contribution is 2.26. The minimum atomic E-state index is 0.184. The molecule has 19 heavy (non-hydrogen) atoms. The number of hydrogen-bond donors (Lipinski definition) is 2. The average molecular weight is 266 g/mol. The lowest BCUT2D eigenvalue weighted by molar-refractivity contribution is -0.121. The van der Waals surface area contributed by atoms with Crippen LogP contribution in [0.2, 0.25) is 0 Å². The molecular formula is C16H30N2O. The summed E-state index contributed by atoms with van der Waals surface area (Å²) in [6, 6.07) is 0.922. The molecule has 3 heteroatoms. The molecule has 0 radical (unpaired) electrons. The van der Waals surface area contributed by atoms with E-state index < -0.39 is 0 Å². The van der Waals surface area contributed by atoms with Crippen molar-refractivity contribution in [3.63, 3.8) is 0 Å². The van der Waals surface area contributed by atoms with Gasteiger partial charge in [0.25, 0.3) is 0 Å². The van der Waals surface area contributed by atoms with Gasteiger partial charge >= 0.3 is 0 Å². The van der Waals surface area contributed by atoms with Crippen LogP contribution in [-0.2, 0) is 4.79 Å². The molecule has 1 atom stereocenters. The van der Waals surface area contributed by atoms with Gasteiger partial charge in [-0.2, -0.15) is 0 Å². The van der Waals surface area contributed by atoms with Crippen molar-refractivity contribution in [3.05, 3.63) is 0 Å². The first-order valence-electron chi connectivity index (χ1n) is 8.28. The number of carbonyl (C=O) groups is 1. The van der Waals surface area contributed by atoms with E-state index in [1.165, 1.54) is 64.2 Å². The summed E-state index contributed by atoms with van der Waals surface area (Å²) >= 11 is 0. The normalized spacial score (nSPS) is 24.1. The quantitative estimate of drug-likeness (QED) is 0.803. The molecule has 110 valence electrons. The van der Waals surface area contributed by atoms with Crippen molar-refractivity contribution in [2.75, 3.05) is 6.54 Å². The van der Waals surface area contributed by atoms with E-state index in [0.717, 1.165) is 0 Å². The van der Waals surface area contributed by atoms with Gasteiger partial charge in [-0.15, -0.1) is 0 Å². The van der Waals surface area contributed by atoms with Gasteiger partial charge in [0.1, 0.15) is 0 Å². The summed E-state index contributed by atoms with van der Waals surface area (Å²) in [6.45, 7) is 2.68. The van der Waals surface area contributed by atoms with Gasteiger partial charge in [-0.05, 0) is 38.5 Å². The largest absolute Gasteiger partial charge is 0.352 e. The number of amides is 1. The van der Waals surface area contributed by atoms with Crippen molar-refractivity contribution in [2.24, 2.45) is 5.92 Å². The average Bonchev–Trinajstić information content (AvgIpc) is 2.47. The second-order valence-electron chi connectivity index (χ2n) is 6.47. The first-order valence-corrected chi connectivity index (χ1v) is 8.28. The van der Waals surface area contributed by atoms with E-state index in [1.807, 2.05) is 0 Å². The summed E-state index contributed by atoms with van der Waals surface area (Å²) < 4.78 is 0. The molecule has 2 rings (SSSR count). The van der Waals surface area contributed by atoms with E-state index in [-0.39, 0.29) is 5.91 Å². The van der Waals surface area contributed by atoms with E-state index in [2.05, 4.69) is 17.6 Å². The van der Waals surface area contributed by atoms with Crippen LogP contribution in [0, 0.1) is 5.92 Å². The molecule has 0 bridgehead atoms. The van der Waals surface area contributed by atoms with Crippen LogP contribution in [0.4, 0.5) is 0 Å². The first-order chi connectivity index (χ1) is 9.25. The van der Waals surface area contributed by atoms with Crippen molar-refractivity contribution in [2.45, 2.75) is 83.2 Å². The maximum Gasteiger partial charge on any atom is 0.234 e. The number of rotatable bonds is 5. The van der Waals surface area contributed by atoms with Gasteiger partial charge in [0.2, 0.25) is 5.91 Å². The molecule has 0 saturated heterocycles. The molecule has 2 saturated carbocycles. The molecule has 3 nitrogen and oxygen atoms in total. The van der Waals surface area contributed by atoms with Gasteiger partial charge in [-0.3, -0.25) is 4.79 Å². The highest BCUT2D eigenvalue weighted by Gasteiger charge is 2.21. The molecule has 2 N–H and O–H groups in total. The topological polar surface area (TPSA) is 41.1 Å². The van der Waals surface area contributed by atoms with Crippen LogP contribution in [0.15, 0.2) is 0 Å². The Kier molecular flexibility index (Phi) is 6.15. The van der Waals surface area contributed by atoms with E-state index in [0.29, 0.717) is 24.5 Å². The molecule has 0 aromatic rings. The molecule has 2 aliphatic rings. The monoisotopic (exact) mass is 266 g/mol. The van der Waals surface area contributed by atoms with Gasteiger partial charge in [0.05, 0.1) is 6.54 Å². The molecule has 0 aromatic carbocycles. The number of carbonyl (C=O) groups excluding carboxylic acids is 1. The van der Waals surface area contributed by atoms with E-state index >= 15 is 0 Å². The SMILES string of the molecule is CC(NC(=O)CNC1CCCCC1)C1CCCCC1. The third-order valence-corrected chi connectivity index (χ3v) is 4.90. The molecule has 0 spiro atoms. The first kappa shape index (κ1) is 14.8. The molecule has 0 aromatic heterocycles. The summed E-state index contributed by atoms with van der Waals surface area (Å²) in [5, 5.41) is 6.61. The van der Waals surface area contributed by atoms with E-state index in [4.69, 9.17) is 0 Å². The Morgan fingerprint density at radius 1 is 1.00 bits per heavy atom. The highest BCUT2D eigenvalue weighted by molar-refractivity contribution is 5.78. The van der Waals surface area contributed by atoms with Gasteiger partial charge in [-0.25, -0.2) is 0 Å². The summed E-state index contributed by atoms with van der Waals surface area (Å²) in [4.78, 5) is 12.0. The molecule has 0 heterocycles. The third-order valence-electron chi connectivity index (χ3n) is 4.90. The smallest absolute Gasteiger partial charge is 0.234 e. The second-order valence-corrected chi connectivity index (χ2v) is 6.47. The Bertz CT molecular complexity index is 268. The zero-order valence-electron chi connectivity index (χ0n) is 12.4. The number of hydrogen-bond acceptors (Lipinski definition) is 2. The maximum absolute atomic E-state index is 12.0. The van der Waals surface area contributed by atoms with Crippen molar-refractivity contribution < 1.29 is 4.79 Å². The summed E-state index contributed by atoms with van der Waals surface area (Å²) in [6.07, 6.45) is 13.1. The molecular weight excluding hydrogens is 236 g/mol. The number of nitrogens with one attached hydrogen (secondary N) is 2. The molecule has 1 unspecified atom stereocenters. The minimum Gasteiger partial charge on any atom is -0.352 e. The molecule has 0 aliphatic heterocycles. The van der Waals surface area contributed by atoms with E-state index in [1.54, 1.807) is 0 Å². The van der Waals surface area contributed by atoms with Crippen LogP contribution >= 0.6 is 0 Å². The lowest BCUT2D eigenvalue weighted by Gasteiger charge is -2.29. The van der Waals surface area contributed by atoms with Crippen LogP contribution in [-0.4, -0.2) is 24.5 Å². The van der Waals surface area contributed by atoms with Crippen molar-refractivity contribution >= 4 is 5.91 Å². The van der Waals surface area contributed by atoms with Crippen LogP contribution in [0.25, 0.3) is 0 Å². The van der Waals surface area contributed by atoms with Crippen molar-refractivity contribution in [3.8, 4) is 0 Å². The van der Waals surface area contributed by atoms with Crippen LogP contribution in [0.3, 0.4) is 0 Å².